The van der Waals surface area contributed by atoms with Crippen LogP contribution < -0.4 is 5.32 Å². The summed E-state index contributed by atoms with van der Waals surface area (Å²) in [7, 11) is 2.11. The number of rotatable bonds is 7. The van der Waals surface area contributed by atoms with E-state index in [1.165, 1.54) is 6.07 Å². The Hall–Kier alpha value is -3.50. The van der Waals surface area contributed by atoms with E-state index in [4.69, 9.17) is 0 Å². The first-order chi connectivity index (χ1) is 16.3. The number of nitrogens with zero attached hydrogens (tertiary/aromatic N) is 6. The van der Waals surface area contributed by atoms with Crippen LogP contribution in [0.1, 0.15) is 35.9 Å². The predicted molar refractivity (Wildman–Crippen MR) is 128 cm³/mol. The van der Waals surface area contributed by atoms with Crippen LogP contribution in [0.4, 0.5) is 0 Å². The molecule has 0 aliphatic carbocycles. The summed E-state index contributed by atoms with van der Waals surface area (Å²) >= 11 is 0. The van der Waals surface area contributed by atoms with Crippen LogP contribution in [-0.2, 0) is 0 Å². The minimum Gasteiger partial charge on any atom is -0.508 e. The van der Waals surface area contributed by atoms with E-state index >= 15 is 0 Å². The van der Waals surface area contributed by atoms with Gasteiger partial charge in [-0.3, -0.25) is 19.2 Å². The lowest BCUT2D eigenvalue weighted by atomic mass is 9.98. The monoisotopic (exact) mass is 465 g/mol. The third-order valence-electron chi connectivity index (χ3n) is 6.09. The number of pyridine rings is 1. The number of phenols is 2. The summed E-state index contributed by atoms with van der Waals surface area (Å²) in [4.78, 5) is 21.9. The van der Waals surface area contributed by atoms with Gasteiger partial charge in [-0.15, -0.1) is 10.2 Å². The molecule has 0 radical (unpaired) electrons. The summed E-state index contributed by atoms with van der Waals surface area (Å²) in [6.45, 7) is 9.11. The fraction of sp³-hybridized carbons (Fsp3) is 0.417. The fourth-order valence-electron chi connectivity index (χ4n) is 4.05. The van der Waals surface area contributed by atoms with E-state index in [0.29, 0.717) is 23.4 Å². The molecule has 1 aliphatic heterocycles. The van der Waals surface area contributed by atoms with Crippen LogP contribution >= 0.6 is 0 Å². The highest BCUT2D eigenvalue weighted by molar-refractivity contribution is 5.92. The molecule has 10 heteroatoms. The Bertz CT molecular complexity index is 1140. The third-order valence-corrected chi connectivity index (χ3v) is 6.09. The van der Waals surface area contributed by atoms with Crippen molar-refractivity contribution in [1.82, 2.24) is 34.9 Å². The van der Waals surface area contributed by atoms with Gasteiger partial charge >= 0.3 is 0 Å². The highest BCUT2D eigenvalue weighted by Gasteiger charge is 2.24. The topological polar surface area (TPSA) is 120 Å². The van der Waals surface area contributed by atoms with Crippen LogP contribution in [0.3, 0.4) is 0 Å². The van der Waals surface area contributed by atoms with Crippen molar-refractivity contribution in [3.63, 3.8) is 0 Å². The third kappa shape index (κ3) is 5.02. The number of carbonyl (C=O) groups is 1. The number of likely N-dealkylation sites (N-methyl/N-ethyl adjacent to an activating group) is 1. The molecule has 1 saturated heterocycles. The fourth-order valence-corrected chi connectivity index (χ4v) is 4.05. The van der Waals surface area contributed by atoms with Crippen LogP contribution in [0.2, 0.25) is 0 Å². The maximum Gasteiger partial charge on any atom is 0.289 e. The van der Waals surface area contributed by atoms with Crippen molar-refractivity contribution in [2.24, 2.45) is 0 Å². The molecule has 10 nitrogen and oxygen atoms in total. The van der Waals surface area contributed by atoms with Crippen molar-refractivity contribution >= 4 is 5.91 Å². The van der Waals surface area contributed by atoms with E-state index < -0.39 is 0 Å². The molecular formula is C24H31N7O3. The number of amides is 1. The average molecular weight is 466 g/mol. The van der Waals surface area contributed by atoms with Gasteiger partial charge in [-0.25, -0.2) is 0 Å². The molecule has 3 heterocycles. The minimum atomic E-state index is -0.362. The normalized spacial score (nSPS) is 15.1. The molecule has 2 aromatic heterocycles. The number of hydrogen-bond donors (Lipinski definition) is 3. The van der Waals surface area contributed by atoms with E-state index in [2.05, 4.69) is 37.3 Å². The second kappa shape index (κ2) is 10.2. The van der Waals surface area contributed by atoms with E-state index in [-0.39, 0.29) is 35.0 Å². The number of phenolic OH excluding ortho intramolecular Hbond substituents is 2. The zero-order chi connectivity index (χ0) is 24.2. The summed E-state index contributed by atoms with van der Waals surface area (Å²) in [5.74, 6) is -0.103. The molecular weight excluding hydrogens is 434 g/mol. The molecule has 0 unspecified atom stereocenters. The SMILES string of the molecule is CC(C)c1cc(-c2nnc(C(=O)NCCN3CCN(C)CC3)n2-c2cccnc2)c(O)cc1O. The summed E-state index contributed by atoms with van der Waals surface area (Å²) in [5.41, 5.74) is 1.62. The van der Waals surface area contributed by atoms with Crippen molar-refractivity contribution < 1.29 is 15.0 Å². The summed E-state index contributed by atoms with van der Waals surface area (Å²) in [6.07, 6.45) is 3.24. The Morgan fingerprint density at radius 3 is 2.56 bits per heavy atom. The molecule has 4 rings (SSSR count). The van der Waals surface area contributed by atoms with Gasteiger partial charge in [0.05, 0.1) is 17.4 Å². The molecule has 34 heavy (non-hydrogen) atoms. The number of aromatic nitrogens is 4. The minimum absolute atomic E-state index is 0.00515. The standard InChI is InChI=1S/C24H31N7O3/c1-16(2)18-13-19(21(33)14-20(18)32)22-27-28-23(31(22)17-5-4-6-25-15-17)24(34)26-7-8-30-11-9-29(3)10-12-30/h4-6,13-16,32-33H,7-12H2,1-3H3,(H,26,34). The lowest BCUT2D eigenvalue weighted by Gasteiger charge is -2.32. The maximum absolute atomic E-state index is 13.1. The highest BCUT2D eigenvalue weighted by Crippen LogP contribution is 2.38. The first kappa shape index (κ1) is 23.7. The molecule has 1 aromatic carbocycles. The van der Waals surface area contributed by atoms with Gasteiger partial charge in [-0.1, -0.05) is 13.8 Å². The van der Waals surface area contributed by atoms with Crippen LogP contribution in [0.5, 0.6) is 11.5 Å². The second-order valence-electron chi connectivity index (χ2n) is 8.88. The largest absolute Gasteiger partial charge is 0.508 e. The van der Waals surface area contributed by atoms with E-state index in [1.54, 1.807) is 35.2 Å². The van der Waals surface area contributed by atoms with Gasteiger partial charge in [-0.2, -0.15) is 0 Å². The van der Waals surface area contributed by atoms with Crippen LogP contribution in [0.15, 0.2) is 36.7 Å². The molecule has 0 bridgehead atoms. The van der Waals surface area contributed by atoms with E-state index in [1.807, 2.05) is 13.8 Å². The van der Waals surface area contributed by atoms with Crippen molar-refractivity contribution in [2.75, 3.05) is 46.3 Å². The second-order valence-corrected chi connectivity index (χ2v) is 8.88. The highest BCUT2D eigenvalue weighted by atomic mass is 16.3. The van der Waals surface area contributed by atoms with E-state index in [9.17, 15) is 15.0 Å². The maximum atomic E-state index is 13.1. The quantitative estimate of drug-likeness (QED) is 0.484. The summed E-state index contributed by atoms with van der Waals surface area (Å²) in [5, 5.41) is 32.2. The lowest BCUT2D eigenvalue weighted by molar-refractivity contribution is 0.0928. The Balaban J connectivity index is 1.63. The average Bonchev–Trinajstić information content (AvgIpc) is 3.25. The first-order valence-electron chi connectivity index (χ1n) is 11.5. The zero-order valence-electron chi connectivity index (χ0n) is 19.8. The van der Waals surface area contributed by atoms with Crippen LogP contribution in [0.25, 0.3) is 17.1 Å². The zero-order valence-corrected chi connectivity index (χ0v) is 19.8. The summed E-state index contributed by atoms with van der Waals surface area (Å²) in [6, 6.07) is 6.52. The van der Waals surface area contributed by atoms with Crippen molar-refractivity contribution in [2.45, 2.75) is 19.8 Å². The molecule has 180 valence electrons. The number of carbonyl (C=O) groups excluding carboxylic acids is 1. The van der Waals surface area contributed by atoms with Crippen molar-refractivity contribution in [3.05, 3.63) is 48.0 Å². The van der Waals surface area contributed by atoms with Gasteiger partial charge < -0.3 is 20.4 Å². The molecule has 0 spiro atoms. The molecule has 3 aromatic rings. The Labute approximate surface area is 198 Å². The molecule has 1 aliphatic rings. The number of aromatic hydroxyl groups is 2. The number of benzene rings is 1. The molecule has 0 saturated carbocycles. The Morgan fingerprint density at radius 2 is 1.88 bits per heavy atom. The van der Waals surface area contributed by atoms with E-state index in [0.717, 1.165) is 32.7 Å². The van der Waals surface area contributed by atoms with Crippen molar-refractivity contribution in [3.8, 4) is 28.6 Å². The van der Waals surface area contributed by atoms with Gasteiger partial charge in [0.1, 0.15) is 11.5 Å². The van der Waals surface area contributed by atoms with Gasteiger partial charge in [0.2, 0.25) is 5.82 Å². The van der Waals surface area contributed by atoms with Gasteiger partial charge in [0, 0.05) is 51.5 Å². The molecule has 1 amide bonds. The smallest absolute Gasteiger partial charge is 0.289 e. The van der Waals surface area contributed by atoms with Crippen LogP contribution in [0, 0.1) is 0 Å². The van der Waals surface area contributed by atoms with Crippen molar-refractivity contribution in [1.29, 1.82) is 0 Å². The summed E-state index contributed by atoms with van der Waals surface area (Å²) < 4.78 is 1.58. The van der Waals surface area contributed by atoms with Gasteiger partial charge in [-0.05, 0) is 36.7 Å². The lowest BCUT2D eigenvalue weighted by Crippen LogP contribution is -2.47. The number of nitrogens with one attached hydrogen (secondary N) is 1. The predicted octanol–water partition coefficient (Wildman–Crippen LogP) is 1.84. The Kier molecular flexibility index (Phi) is 7.09. The van der Waals surface area contributed by atoms with Gasteiger partial charge in [0.25, 0.3) is 5.91 Å². The van der Waals surface area contributed by atoms with Gasteiger partial charge in [0.15, 0.2) is 5.82 Å². The molecule has 0 atom stereocenters. The first-order valence-corrected chi connectivity index (χ1v) is 11.5. The number of hydrogen-bond acceptors (Lipinski definition) is 8. The number of piperazine rings is 1. The van der Waals surface area contributed by atoms with Crippen LogP contribution in [-0.4, -0.2) is 92.0 Å². The molecule has 3 N–H and O–H groups in total. The Morgan fingerprint density at radius 1 is 1.12 bits per heavy atom. The molecule has 1 fully saturated rings.